The van der Waals surface area contributed by atoms with Crippen molar-refractivity contribution in [2.75, 3.05) is 6.54 Å². The number of aromatic nitrogens is 2. The molecule has 0 spiro atoms. The molecule has 2 aromatic heterocycles. The number of nitro groups is 1. The lowest BCUT2D eigenvalue weighted by Gasteiger charge is -2.16. The number of rotatable bonds is 4. The summed E-state index contributed by atoms with van der Waals surface area (Å²) >= 11 is 0. The molecule has 1 aromatic carbocycles. The summed E-state index contributed by atoms with van der Waals surface area (Å²) in [7, 11) is 0. The zero-order valence-electron chi connectivity index (χ0n) is 16.4. The molecule has 0 saturated heterocycles. The van der Waals surface area contributed by atoms with Gasteiger partial charge in [0, 0.05) is 30.3 Å². The number of hydrogen-bond acceptors (Lipinski definition) is 6. The van der Waals surface area contributed by atoms with Crippen LogP contribution >= 0.6 is 0 Å². The van der Waals surface area contributed by atoms with Crippen molar-refractivity contribution in [3.05, 3.63) is 69.8 Å². The topological polar surface area (TPSA) is 116 Å². The second-order valence-electron chi connectivity index (χ2n) is 6.89. The van der Waals surface area contributed by atoms with E-state index >= 15 is 0 Å². The second-order valence-corrected chi connectivity index (χ2v) is 6.89. The molecule has 0 bridgehead atoms. The second kappa shape index (κ2) is 8.00. The molecule has 170 valence electrons. The first-order valence-corrected chi connectivity index (χ1v) is 9.30. The molecule has 1 amide bonds. The number of hydrogen-bond donors (Lipinski definition) is 1. The number of alkyl halides is 3. The maximum atomic E-state index is 13.6. The van der Waals surface area contributed by atoms with Gasteiger partial charge in [0.05, 0.1) is 16.3 Å². The number of nitrogens with zero attached hydrogens (tertiary/aromatic N) is 3. The zero-order chi connectivity index (χ0) is 23.9. The molecular formula is C20H12F4N4O5. The first-order chi connectivity index (χ1) is 15.6. The van der Waals surface area contributed by atoms with Crippen LogP contribution in [0.25, 0.3) is 22.5 Å². The molecule has 0 aliphatic carbocycles. The molecular weight excluding hydrogens is 452 g/mol. The lowest BCUT2D eigenvalue weighted by molar-refractivity contribution is -0.384. The normalized spacial score (nSPS) is 13.3. The van der Waals surface area contributed by atoms with Crippen LogP contribution in [0.3, 0.4) is 0 Å². The minimum absolute atomic E-state index is 0.0408. The van der Waals surface area contributed by atoms with Crippen LogP contribution in [0, 0.1) is 15.9 Å². The first-order valence-electron chi connectivity index (χ1n) is 9.30. The Balaban J connectivity index is 1.98. The highest BCUT2D eigenvalue weighted by Crippen LogP contribution is 2.40. The van der Waals surface area contributed by atoms with Gasteiger partial charge in [-0.2, -0.15) is 17.9 Å². The number of nitrogens with one attached hydrogen (secondary N) is 1. The fourth-order valence-corrected chi connectivity index (χ4v) is 3.49. The molecule has 33 heavy (non-hydrogen) atoms. The van der Waals surface area contributed by atoms with Gasteiger partial charge in [-0.15, -0.1) is 0 Å². The highest BCUT2D eigenvalue weighted by atomic mass is 19.4. The summed E-state index contributed by atoms with van der Waals surface area (Å²) in [5, 5.41) is 14.3. The Morgan fingerprint density at radius 1 is 1.21 bits per heavy atom. The number of benzene rings is 1. The number of halogens is 4. The molecule has 3 heterocycles. The molecule has 9 nitrogen and oxygen atoms in total. The third-order valence-corrected chi connectivity index (χ3v) is 4.81. The number of fused-ring (bicyclic) bond motifs is 1. The third kappa shape index (κ3) is 4.00. The molecule has 1 aliphatic rings. The minimum atomic E-state index is -5.40. The van der Waals surface area contributed by atoms with Gasteiger partial charge < -0.3 is 10.2 Å². The highest BCUT2D eigenvalue weighted by Gasteiger charge is 2.45. The van der Waals surface area contributed by atoms with E-state index in [1.54, 1.807) is 0 Å². The van der Waals surface area contributed by atoms with Gasteiger partial charge in [0.2, 0.25) is 0 Å². The summed E-state index contributed by atoms with van der Waals surface area (Å²) in [4.78, 5) is 43.5. The maximum Gasteiger partial charge on any atom is 0.493 e. The molecule has 1 N–H and O–H groups in total. The van der Waals surface area contributed by atoms with Gasteiger partial charge in [0.25, 0.3) is 5.91 Å². The van der Waals surface area contributed by atoms with E-state index in [0.29, 0.717) is 4.73 Å². The molecule has 0 unspecified atom stereocenters. The van der Waals surface area contributed by atoms with Gasteiger partial charge in [0.1, 0.15) is 11.4 Å². The standard InChI is InChI=1S/C20H12F4N4O5/c21-12-3-1-2-10(8-12)13-9-11(4-6-25-13)16-17(28(31)32)15-14(5-7-26-18(15)29)27(16)33-19(30)20(22,23)24/h1-4,6,8-9H,5,7H2,(H,26,29). The molecule has 0 saturated carbocycles. The fraction of sp³-hybridized carbons (Fsp3) is 0.150. The van der Waals surface area contributed by atoms with E-state index in [4.69, 9.17) is 0 Å². The lowest BCUT2D eigenvalue weighted by atomic mass is 10.0. The molecule has 13 heteroatoms. The first kappa shape index (κ1) is 21.9. The Bertz CT molecular complexity index is 1300. The molecule has 4 rings (SSSR count). The largest absolute Gasteiger partial charge is 0.493 e. The van der Waals surface area contributed by atoms with Gasteiger partial charge in [-0.1, -0.05) is 12.1 Å². The maximum absolute atomic E-state index is 13.6. The van der Waals surface area contributed by atoms with Crippen molar-refractivity contribution in [1.29, 1.82) is 0 Å². The van der Waals surface area contributed by atoms with Gasteiger partial charge >= 0.3 is 17.8 Å². The monoisotopic (exact) mass is 464 g/mol. The van der Waals surface area contributed by atoms with Gasteiger partial charge in [-0.05, 0) is 24.3 Å². The number of carbonyl (C=O) groups is 2. The Kier molecular flexibility index (Phi) is 5.31. The van der Waals surface area contributed by atoms with Crippen LogP contribution in [0.1, 0.15) is 16.1 Å². The van der Waals surface area contributed by atoms with Gasteiger partial charge in [-0.25, -0.2) is 9.18 Å². The van der Waals surface area contributed by atoms with Crippen molar-refractivity contribution in [1.82, 2.24) is 15.0 Å². The van der Waals surface area contributed by atoms with E-state index in [1.807, 2.05) is 0 Å². The smallest absolute Gasteiger partial charge is 0.351 e. The van der Waals surface area contributed by atoms with Crippen LogP contribution in [0.15, 0.2) is 42.6 Å². The van der Waals surface area contributed by atoms with Crippen LogP contribution in [0.2, 0.25) is 0 Å². The zero-order valence-corrected chi connectivity index (χ0v) is 16.4. The van der Waals surface area contributed by atoms with Crippen molar-refractivity contribution >= 4 is 17.6 Å². The predicted molar refractivity (Wildman–Crippen MR) is 103 cm³/mol. The summed E-state index contributed by atoms with van der Waals surface area (Å²) in [6.07, 6.45) is -4.33. The van der Waals surface area contributed by atoms with Gasteiger partial charge in [-0.3, -0.25) is 19.9 Å². The van der Waals surface area contributed by atoms with Crippen molar-refractivity contribution < 1.29 is 36.9 Å². The van der Waals surface area contributed by atoms with Crippen molar-refractivity contribution in [3.8, 4) is 22.5 Å². The van der Waals surface area contributed by atoms with E-state index in [1.165, 1.54) is 36.5 Å². The number of amides is 1. The van der Waals surface area contributed by atoms with Crippen LogP contribution < -0.4 is 10.2 Å². The summed E-state index contributed by atoms with van der Waals surface area (Å²) < 4.78 is 52.8. The summed E-state index contributed by atoms with van der Waals surface area (Å²) in [6, 6.07) is 7.71. The summed E-state index contributed by atoms with van der Waals surface area (Å²) in [5.74, 6) is -4.10. The van der Waals surface area contributed by atoms with Crippen LogP contribution in [0.5, 0.6) is 0 Å². The minimum Gasteiger partial charge on any atom is -0.351 e. The molecule has 3 aromatic rings. The Morgan fingerprint density at radius 3 is 2.64 bits per heavy atom. The van der Waals surface area contributed by atoms with E-state index < -0.39 is 45.7 Å². The highest BCUT2D eigenvalue weighted by molar-refractivity contribution is 6.03. The number of carbonyl (C=O) groups excluding carboxylic acids is 2. The molecule has 0 fully saturated rings. The third-order valence-electron chi connectivity index (χ3n) is 4.81. The van der Waals surface area contributed by atoms with Crippen molar-refractivity contribution in [3.63, 3.8) is 0 Å². The Morgan fingerprint density at radius 2 is 1.97 bits per heavy atom. The Hall–Kier alpha value is -4.29. The number of pyridine rings is 1. The Labute approximate surface area is 181 Å². The van der Waals surface area contributed by atoms with E-state index in [2.05, 4.69) is 15.1 Å². The SMILES string of the molecule is O=C1NCCc2c1c([N+](=O)[O-])c(-c1ccnc(-c3cccc(F)c3)c1)n2OC(=O)C(F)(F)F. The van der Waals surface area contributed by atoms with Crippen LogP contribution in [-0.4, -0.2) is 39.2 Å². The van der Waals surface area contributed by atoms with E-state index in [0.717, 1.165) is 6.07 Å². The fourth-order valence-electron chi connectivity index (χ4n) is 3.49. The predicted octanol–water partition coefficient (Wildman–Crippen LogP) is 3.07. The van der Waals surface area contributed by atoms with Gasteiger partial charge in [0.15, 0.2) is 5.69 Å². The summed E-state index contributed by atoms with van der Waals surface area (Å²) in [6.45, 7) is -0.0408. The molecule has 0 atom stereocenters. The van der Waals surface area contributed by atoms with Crippen LogP contribution in [-0.2, 0) is 11.2 Å². The lowest BCUT2D eigenvalue weighted by Crippen LogP contribution is -2.37. The molecule has 1 aliphatic heterocycles. The molecule has 0 radical (unpaired) electrons. The van der Waals surface area contributed by atoms with Crippen molar-refractivity contribution in [2.45, 2.75) is 12.6 Å². The van der Waals surface area contributed by atoms with Crippen LogP contribution in [0.4, 0.5) is 23.2 Å². The van der Waals surface area contributed by atoms with E-state index in [-0.39, 0.29) is 35.5 Å². The quantitative estimate of drug-likeness (QED) is 0.361. The average Bonchev–Trinajstić information content (AvgIpc) is 3.09. The average molecular weight is 464 g/mol. The summed E-state index contributed by atoms with van der Waals surface area (Å²) in [5.41, 5.74) is -1.82. The van der Waals surface area contributed by atoms with Crippen molar-refractivity contribution in [2.24, 2.45) is 0 Å². The van der Waals surface area contributed by atoms with E-state index in [9.17, 15) is 37.3 Å².